The fourth-order valence-corrected chi connectivity index (χ4v) is 1.83. The summed E-state index contributed by atoms with van der Waals surface area (Å²) in [4.78, 5) is 21.9. The third-order valence-corrected chi connectivity index (χ3v) is 2.84. The van der Waals surface area contributed by atoms with Crippen LogP contribution in [-0.4, -0.2) is 32.3 Å². The van der Waals surface area contributed by atoms with Crippen molar-refractivity contribution in [3.05, 3.63) is 51.8 Å². The van der Waals surface area contributed by atoms with Gasteiger partial charge in [-0.05, 0) is 18.6 Å². The number of carbonyl (C=O) groups excluding carboxylic acids is 1. The molecule has 2 N–H and O–H groups in total. The number of para-hydroxylation sites is 1. The van der Waals surface area contributed by atoms with E-state index < -0.39 is 22.3 Å². The summed E-state index contributed by atoms with van der Waals surface area (Å²) in [6.45, 7) is 2.67. The van der Waals surface area contributed by atoms with Gasteiger partial charge in [-0.15, -0.1) is 0 Å². The van der Waals surface area contributed by atoms with Gasteiger partial charge in [-0.1, -0.05) is 6.07 Å². The zero-order chi connectivity index (χ0) is 15.4. The first-order valence-corrected chi connectivity index (χ1v) is 6.22. The van der Waals surface area contributed by atoms with Gasteiger partial charge in [0.1, 0.15) is 0 Å². The van der Waals surface area contributed by atoms with E-state index in [2.05, 4.69) is 10.4 Å². The molecule has 8 nitrogen and oxygen atoms in total. The third kappa shape index (κ3) is 3.35. The summed E-state index contributed by atoms with van der Waals surface area (Å²) in [5.74, 6) is -1.20. The Morgan fingerprint density at radius 2 is 2.29 bits per heavy atom. The van der Waals surface area contributed by atoms with Crippen molar-refractivity contribution in [3.8, 4) is 5.75 Å². The van der Waals surface area contributed by atoms with Crippen molar-refractivity contribution in [3.63, 3.8) is 0 Å². The van der Waals surface area contributed by atoms with Crippen LogP contribution in [0.25, 0.3) is 0 Å². The van der Waals surface area contributed by atoms with Gasteiger partial charge in [0.15, 0.2) is 0 Å². The molecule has 2 aromatic rings. The molecule has 0 saturated heterocycles. The maximum Gasteiger partial charge on any atom is 0.311 e. The van der Waals surface area contributed by atoms with Gasteiger partial charge in [-0.3, -0.25) is 19.6 Å². The van der Waals surface area contributed by atoms with Crippen LogP contribution in [0.5, 0.6) is 5.75 Å². The molecule has 0 saturated carbocycles. The quantitative estimate of drug-likeness (QED) is 0.635. The Balaban J connectivity index is 2.00. The molecule has 0 radical (unpaired) electrons. The van der Waals surface area contributed by atoms with Gasteiger partial charge in [0, 0.05) is 18.8 Å². The van der Waals surface area contributed by atoms with Gasteiger partial charge in [-0.25, -0.2) is 0 Å². The summed E-state index contributed by atoms with van der Waals surface area (Å²) in [7, 11) is 0. The summed E-state index contributed by atoms with van der Waals surface area (Å²) >= 11 is 0. The molecule has 0 atom stereocenters. The molecule has 0 aliphatic heterocycles. The van der Waals surface area contributed by atoms with Gasteiger partial charge in [0.05, 0.1) is 23.2 Å². The van der Waals surface area contributed by atoms with Gasteiger partial charge >= 0.3 is 5.69 Å². The number of nitro groups is 1. The number of aryl methyl sites for hydroxylation is 1. The normalized spacial score (nSPS) is 10.3. The molecule has 1 aromatic heterocycles. The average Bonchev–Trinajstić information content (AvgIpc) is 2.84. The summed E-state index contributed by atoms with van der Waals surface area (Å²) in [5.41, 5.74) is 0.392. The highest BCUT2D eigenvalue weighted by Gasteiger charge is 2.20. The van der Waals surface area contributed by atoms with E-state index in [-0.39, 0.29) is 5.56 Å². The number of aromatic hydroxyl groups is 1. The fourth-order valence-electron chi connectivity index (χ4n) is 1.83. The lowest BCUT2D eigenvalue weighted by Crippen LogP contribution is -2.27. The Labute approximate surface area is 120 Å². The van der Waals surface area contributed by atoms with Gasteiger partial charge in [0.2, 0.25) is 5.75 Å². The Morgan fingerprint density at radius 1 is 1.52 bits per heavy atom. The lowest BCUT2D eigenvalue weighted by atomic mass is 10.1. The second-order valence-electron chi connectivity index (χ2n) is 4.47. The summed E-state index contributed by atoms with van der Waals surface area (Å²) < 4.78 is 1.67. The largest absolute Gasteiger partial charge is 0.502 e. The van der Waals surface area contributed by atoms with Gasteiger partial charge < -0.3 is 10.4 Å². The van der Waals surface area contributed by atoms with Crippen LogP contribution in [0.4, 0.5) is 5.69 Å². The zero-order valence-electron chi connectivity index (χ0n) is 11.3. The number of phenolic OH excluding ortho intramolecular Hbond substituents is 1. The molecule has 0 spiro atoms. The Kier molecular flexibility index (Phi) is 4.17. The smallest absolute Gasteiger partial charge is 0.311 e. The first kappa shape index (κ1) is 14.5. The van der Waals surface area contributed by atoms with Crippen LogP contribution in [0.3, 0.4) is 0 Å². The SMILES string of the molecule is Cc1cnn(CCNC(=O)c2cccc([N+](=O)[O-])c2O)c1. The lowest BCUT2D eigenvalue weighted by molar-refractivity contribution is -0.385. The molecule has 0 fully saturated rings. The molecular formula is C13H14N4O4. The van der Waals surface area contributed by atoms with E-state index in [0.717, 1.165) is 11.6 Å². The Hall–Kier alpha value is -2.90. The molecule has 1 heterocycles. The van der Waals surface area contributed by atoms with Crippen LogP contribution in [0.15, 0.2) is 30.6 Å². The second-order valence-corrected chi connectivity index (χ2v) is 4.47. The third-order valence-electron chi connectivity index (χ3n) is 2.84. The van der Waals surface area contributed by atoms with Crippen molar-refractivity contribution in [2.75, 3.05) is 6.54 Å². The Bertz CT molecular complexity index is 681. The Morgan fingerprint density at radius 3 is 2.90 bits per heavy atom. The monoisotopic (exact) mass is 290 g/mol. The van der Waals surface area contributed by atoms with E-state index in [1.54, 1.807) is 10.9 Å². The van der Waals surface area contributed by atoms with Crippen molar-refractivity contribution in [1.29, 1.82) is 0 Å². The molecule has 8 heteroatoms. The highest BCUT2D eigenvalue weighted by Crippen LogP contribution is 2.28. The predicted molar refractivity (Wildman–Crippen MR) is 74.1 cm³/mol. The van der Waals surface area contributed by atoms with Crippen LogP contribution < -0.4 is 5.32 Å². The molecule has 110 valence electrons. The van der Waals surface area contributed by atoms with Crippen LogP contribution in [0, 0.1) is 17.0 Å². The van der Waals surface area contributed by atoms with Crippen LogP contribution in [-0.2, 0) is 6.54 Å². The number of amides is 1. The van der Waals surface area contributed by atoms with E-state index in [9.17, 15) is 20.0 Å². The van der Waals surface area contributed by atoms with E-state index in [0.29, 0.717) is 13.1 Å². The van der Waals surface area contributed by atoms with Crippen molar-refractivity contribution in [1.82, 2.24) is 15.1 Å². The summed E-state index contributed by atoms with van der Waals surface area (Å²) in [6, 6.07) is 3.82. The number of nitrogens with one attached hydrogen (secondary N) is 1. The van der Waals surface area contributed by atoms with Crippen molar-refractivity contribution in [2.45, 2.75) is 13.5 Å². The number of rotatable bonds is 5. The summed E-state index contributed by atoms with van der Waals surface area (Å²) in [5, 5.41) is 27.1. The van der Waals surface area contributed by atoms with E-state index in [1.807, 2.05) is 13.1 Å². The zero-order valence-corrected chi connectivity index (χ0v) is 11.3. The number of phenols is 1. The van der Waals surface area contributed by atoms with Crippen LogP contribution in [0.1, 0.15) is 15.9 Å². The minimum Gasteiger partial charge on any atom is -0.502 e. The first-order valence-electron chi connectivity index (χ1n) is 6.22. The molecule has 0 bridgehead atoms. The van der Waals surface area contributed by atoms with E-state index >= 15 is 0 Å². The molecular weight excluding hydrogens is 276 g/mol. The number of nitro benzene ring substituents is 1. The number of hydrogen-bond donors (Lipinski definition) is 2. The first-order chi connectivity index (χ1) is 9.99. The van der Waals surface area contributed by atoms with Crippen molar-refractivity contribution < 1.29 is 14.8 Å². The predicted octanol–water partition coefficient (Wildman–Crippen LogP) is 1.24. The van der Waals surface area contributed by atoms with Crippen molar-refractivity contribution in [2.24, 2.45) is 0 Å². The standard InChI is InChI=1S/C13H14N4O4/c1-9-7-15-16(8-9)6-5-14-13(19)10-3-2-4-11(12(10)18)17(20)21/h2-4,7-8,18H,5-6H2,1H3,(H,14,19). The molecule has 1 aromatic carbocycles. The fraction of sp³-hybridized carbons (Fsp3) is 0.231. The number of aromatic nitrogens is 2. The van der Waals surface area contributed by atoms with E-state index in [4.69, 9.17) is 0 Å². The van der Waals surface area contributed by atoms with Gasteiger partial charge in [-0.2, -0.15) is 5.10 Å². The van der Waals surface area contributed by atoms with Crippen LogP contribution in [0.2, 0.25) is 0 Å². The molecule has 0 unspecified atom stereocenters. The maximum absolute atomic E-state index is 11.9. The maximum atomic E-state index is 11.9. The van der Waals surface area contributed by atoms with Crippen molar-refractivity contribution >= 4 is 11.6 Å². The second kappa shape index (κ2) is 6.04. The average molecular weight is 290 g/mol. The van der Waals surface area contributed by atoms with E-state index in [1.165, 1.54) is 12.1 Å². The molecule has 0 aliphatic carbocycles. The molecule has 1 amide bonds. The molecule has 21 heavy (non-hydrogen) atoms. The molecule has 2 rings (SSSR count). The van der Waals surface area contributed by atoms with Gasteiger partial charge in [0.25, 0.3) is 5.91 Å². The highest BCUT2D eigenvalue weighted by molar-refractivity contribution is 5.98. The lowest BCUT2D eigenvalue weighted by Gasteiger charge is -2.07. The number of benzene rings is 1. The number of hydrogen-bond acceptors (Lipinski definition) is 5. The minimum absolute atomic E-state index is 0.124. The highest BCUT2D eigenvalue weighted by atomic mass is 16.6. The minimum atomic E-state index is -0.737. The topological polar surface area (TPSA) is 110 Å². The number of nitrogens with zero attached hydrogens (tertiary/aromatic N) is 3. The summed E-state index contributed by atoms with van der Waals surface area (Å²) in [6.07, 6.45) is 3.53. The molecule has 0 aliphatic rings. The number of carbonyl (C=O) groups is 1. The van der Waals surface area contributed by atoms with Crippen LogP contribution >= 0.6 is 0 Å².